The van der Waals surface area contributed by atoms with Gasteiger partial charge in [0.05, 0.1) is 12.1 Å². The first kappa shape index (κ1) is 12.3. The van der Waals surface area contributed by atoms with Crippen LogP contribution in [-0.2, 0) is 6.54 Å². The Balaban J connectivity index is 2.07. The van der Waals surface area contributed by atoms with Crippen LogP contribution in [0.1, 0.15) is 21.9 Å². The van der Waals surface area contributed by atoms with Gasteiger partial charge in [0.1, 0.15) is 5.76 Å². The van der Waals surface area contributed by atoms with Crippen molar-refractivity contribution in [3.63, 3.8) is 0 Å². The molecule has 1 aromatic carbocycles. The number of aromatic nitrogens is 1. The number of rotatable bonds is 3. The van der Waals surface area contributed by atoms with Crippen LogP contribution in [0.2, 0.25) is 0 Å². The summed E-state index contributed by atoms with van der Waals surface area (Å²) < 4.78 is 11.7. The Bertz CT molecular complexity index is 852. The van der Waals surface area contributed by atoms with Gasteiger partial charge < -0.3 is 13.9 Å². The van der Waals surface area contributed by atoms with Crippen LogP contribution in [0.15, 0.2) is 44.0 Å². The lowest BCUT2D eigenvalue weighted by Crippen LogP contribution is -2.14. The molecule has 6 heteroatoms. The van der Waals surface area contributed by atoms with Crippen LogP contribution >= 0.6 is 0 Å². The molecule has 0 aliphatic rings. The van der Waals surface area contributed by atoms with Crippen LogP contribution in [0.25, 0.3) is 11.1 Å². The Morgan fingerprint density at radius 3 is 2.75 bits per heavy atom. The highest BCUT2D eigenvalue weighted by molar-refractivity contribution is 5.84. The lowest BCUT2D eigenvalue weighted by molar-refractivity contribution is 0.0661. The SMILES string of the molecule is Cc1oc(C(=O)O)cc1Cn1c(=O)oc2ccccc21. The quantitative estimate of drug-likeness (QED) is 0.791. The molecule has 0 aliphatic carbocycles. The van der Waals surface area contributed by atoms with Gasteiger partial charge in [0.2, 0.25) is 5.76 Å². The zero-order valence-corrected chi connectivity index (χ0v) is 10.6. The number of aromatic carboxylic acids is 1. The Morgan fingerprint density at radius 2 is 2.05 bits per heavy atom. The van der Waals surface area contributed by atoms with Crippen molar-refractivity contribution in [3.05, 3.63) is 58.0 Å². The predicted molar refractivity (Wildman–Crippen MR) is 70.0 cm³/mol. The molecular weight excluding hydrogens is 262 g/mol. The normalized spacial score (nSPS) is 11.1. The lowest BCUT2D eigenvalue weighted by atomic mass is 10.2. The molecule has 0 aliphatic heterocycles. The van der Waals surface area contributed by atoms with Gasteiger partial charge in [-0.15, -0.1) is 0 Å². The largest absolute Gasteiger partial charge is 0.475 e. The third kappa shape index (κ3) is 1.91. The predicted octanol–water partition coefficient (Wildman–Crippen LogP) is 2.24. The summed E-state index contributed by atoms with van der Waals surface area (Å²) in [4.78, 5) is 22.7. The maximum absolute atomic E-state index is 11.8. The molecule has 0 unspecified atom stereocenters. The fourth-order valence-corrected chi connectivity index (χ4v) is 2.12. The topological polar surface area (TPSA) is 85.6 Å². The molecule has 102 valence electrons. The van der Waals surface area contributed by atoms with Gasteiger partial charge in [-0.3, -0.25) is 4.57 Å². The summed E-state index contributed by atoms with van der Waals surface area (Å²) in [6, 6.07) is 8.48. The van der Waals surface area contributed by atoms with E-state index >= 15 is 0 Å². The number of nitrogens with zero attached hydrogens (tertiary/aromatic N) is 1. The van der Waals surface area contributed by atoms with E-state index in [-0.39, 0.29) is 12.3 Å². The second kappa shape index (κ2) is 4.41. The van der Waals surface area contributed by atoms with Gasteiger partial charge in [-0.25, -0.2) is 9.59 Å². The van der Waals surface area contributed by atoms with E-state index in [1.165, 1.54) is 10.6 Å². The number of oxazole rings is 1. The van der Waals surface area contributed by atoms with E-state index in [1.54, 1.807) is 31.2 Å². The summed E-state index contributed by atoms with van der Waals surface area (Å²) in [5.41, 5.74) is 1.79. The first-order chi connectivity index (χ1) is 9.56. The van der Waals surface area contributed by atoms with E-state index in [1.807, 2.05) is 0 Å². The Kier molecular flexibility index (Phi) is 2.71. The first-order valence-corrected chi connectivity index (χ1v) is 5.97. The molecule has 0 bridgehead atoms. The number of hydrogen-bond donors (Lipinski definition) is 1. The Labute approximate surface area is 112 Å². The average Bonchev–Trinajstić information content (AvgIpc) is 2.92. The van der Waals surface area contributed by atoms with Crippen molar-refractivity contribution in [1.82, 2.24) is 4.57 Å². The van der Waals surface area contributed by atoms with E-state index in [9.17, 15) is 9.59 Å². The molecule has 3 rings (SSSR count). The molecule has 20 heavy (non-hydrogen) atoms. The number of fused-ring (bicyclic) bond motifs is 1. The third-order valence-corrected chi connectivity index (χ3v) is 3.13. The van der Waals surface area contributed by atoms with Crippen molar-refractivity contribution in [1.29, 1.82) is 0 Å². The minimum Gasteiger partial charge on any atom is -0.475 e. The number of carboxylic acid groups (broad SMARTS) is 1. The molecule has 3 aromatic rings. The fourth-order valence-electron chi connectivity index (χ4n) is 2.12. The highest BCUT2D eigenvalue weighted by Gasteiger charge is 2.16. The van der Waals surface area contributed by atoms with E-state index in [0.29, 0.717) is 22.4 Å². The van der Waals surface area contributed by atoms with E-state index < -0.39 is 11.7 Å². The van der Waals surface area contributed by atoms with Crippen LogP contribution in [-0.4, -0.2) is 15.6 Å². The minimum atomic E-state index is -1.14. The molecule has 0 saturated heterocycles. The number of carboxylic acids is 1. The molecule has 2 aromatic heterocycles. The second-order valence-corrected chi connectivity index (χ2v) is 4.42. The lowest BCUT2D eigenvalue weighted by Gasteiger charge is -2.00. The standard InChI is InChI=1S/C14H11NO5/c1-8-9(6-12(19-8)13(16)17)7-15-10-4-2-3-5-11(10)20-14(15)18/h2-6H,7H2,1H3,(H,16,17). The first-order valence-electron chi connectivity index (χ1n) is 5.97. The molecule has 2 heterocycles. The van der Waals surface area contributed by atoms with Gasteiger partial charge in [0.25, 0.3) is 0 Å². The third-order valence-electron chi connectivity index (χ3n) is 3.13. The summed E-state index contributed by atoms with van der Waals surface area (Å²) in [5, 5.41) is 8.89. The van der Waals surface area contributed by atoms with Crippen molar-refractivity contribution < 1.29 is 18.7 Å². The smallest absolute Gasteiger partial charge is 0.420 e. The Morgan fingerprint density at radius 1 is 1.30 bits per heavy atom. The molecule has 0 fully saturated rings. The second-order valence-electron chi connectivity index (χ2n) is 4.42. The van der Waals surface area contributed by atoms with Crippen LogP contribution < -0.4 is 5.76 Å². The van der Waals surface area contributed by atoms with Crippen LogP contribution in [0.4, 0.5) is 0 Å². The summed E-state index contributed by atoms with van der Waals surface area (Å²) in [7, 11) is 0. The molecule has 0 amide bonds. The number of carbonyl (C=O) groups is 1. The maximum atomic E-state index is 11.8. The minimum absolute atomic E-state index is 0.140. The van der Waals surface area contributed by atoms with Crippen molar-refractivity contribution in [3.8, 4) is 0 Å². The zero-order valence-electron chi connectivity index (χ0n) is 10.6. The van der Waals surface area contributed by atoms with Crippen molar-refractivity contribution in [2.45, 2.75) is 13.5 Å². The highest BCUT2D eigenvalue weighted by Crippen LogP contribution is 2.18. The number of hydrogen-bond acceptors (Lipinski definition) is 4. The van der Waals surface area contributed by atoms with E-state index in [0.717, 1.165) is 0 Å². The molecule has 0 spiro atoms. The summed E-state index contributed by atoms with van der Waals surface area (Å²) in [6.45, 7) is 1.87. The van der Waals surface area contributed by atoms with Gasteiger partial charge >= 0.3 is 11.7 Å². The fraction of sp³-hybridized carbons (Fsp3) is 0.143. The van der Waals surface area contributed by atoms with Crippen molar-refractivity contribution in [2.75, 3.05) is 0 Å². The highest BCUT2D eigenvalue weighted by atomic mass is 16.4. The van der Waals surface area contributed by atoms with E-state index in [2.05, 4.69) is 0 Å². The van der Waals surface area contributed by atoms with Crippen LogP contribution in [0.5, 0.6) is 0 Å². The number of furan rings is 1. The summed E-state index contributed by atoms with van der Waals surface area (Å²) >= 11 is 0. The Hall–Kier alpha value is -2.76. The molecule has 0 saturated carbocycles. The number of para-hydroxylation sites is 2. The van der Waals surface area contributed by atoms with Crippen molar-refractivity contribution >= 4 is 17.1 Å². The molecule has 0 atom stereocenters. The van der Waals surface area contributed by atoms with Gasteiger partial charge in [-0.1, -0.05) is 12.1 Å². The zero-order chi connectivity index (χ0) is 14.3. The van der Waals surface area contributed by atoms with E-state index in [4.69, 9.17) is 13.9 Å². The molecule has 6 nitrogen and oxygen atoms in total. The molecule has 0 radical (unpaired) electrons. The average molecular weight is 273 g/mol. The van der Waals surface area contributed by atoms with Gasteiger partial charge in [-0.05, 0) is 25.1 Å². The molecule has 1 N–H and O–H groups in total. The maximum Gasteiger partial charge on any atom is 0.420 e. The monoisotopic (exact) mass is 273 g/mol. The molecular formula is C14H11NO5. The van der Waals surface area contributed by atoms with Gasteiger partial charge in [0, 0.05) is 5.56 Å². The van der Waals surface area contributed by atoms with Crippen LogP contribution in [0, 0.1) is 6.92 Å². The summed E-state index contributed by atoms with van der Waals surface area (Å²) in [5.74, 6) is -1.29. The van der Waals surface area contributed by atoms with Crippen molar-refractivity contribution in [2.24, 2.45) is 0 Å². The number of aryl methyl sites for hydroxylation is 1. The summed E-state index contributed by atoms with van der Waals surface area (Å²) in [6.07, 6.45) is 0. The number of benzene rings is 1. The van der Waals surface area contributed by atoms with Crippen LogP contribution in [0.3, 0.4) is 0 Å². The van der Waals surface area contributed by atoms with Gasteiger partial charge in [-0.2, -0.15) is 0 Å². The van der Waals surface area contributed by atoms with Gasteiger partial charge in [0.15, 0.2) is 5.58 Å².